The van der Waals surface area contributed by atoms with Gasteiger partial charge in [-0.2, -0.15) is 0 Å². The Labute approximate surface area is 169 Å². The molecule has 1 aromatic carbocycles. The zero-order valence-corrected chi connectivity index (χ0v) is 17.2. The van der Waals surface area contributed by atoms with Crippen LogP contribution >= 0.6 is 0 Å². The standard InChI is InChI=1S/C23H35N3O2/c1-24-13-15-25(16-14-24)21-9-12-26(18-19(21)6-5-17-27)22(28)23(10-11-23)20-7-3-2-4-8-20/h2-4,7-8,19,21,27H,5-6,9-18H2,1H3/t19-,21+/m1/s1. The van der Waals surface area contributed by atoms with Gasteiger partial charge in [0.15, 0.2) is 0 Å². The van der Waals surface area contributed by atoms with Crippen molar-refractivity contribution >= 4 is 5.91 Å². The zero-order chi connectivity index (χ0) is 19.6. The lowest BCUT2D eigenvalue weighted by Gasteiger charge is -2.47. The number of carbonyl (C=O) groups is 1. The van der Waals surface area contributed by atoms with Gasteiger partial charge in [0.25, 0.3) is 0 Å². The molecule has 0 spiro atoms. The van der Waals surface area contributed by atoms with Crippen LogP contribution in [0.4, 0.5) is 0 Å². The van der Waals surface area contributed by atoms with Gasteiger partial charge in [-0.1, -0.05) is 30.3 Å². The summed E-state index contributed by atoms with van der Waals surface area (Å²) in [6.07, 6.45) is 4.87. The summed E-state index contributed by atoms with van der Waals surface area (Å²) in [4.78, 5) is 20.7. The van der Waals surface area contributed by atoms with Gasteiger partial charge in [0.2, 0.25) is 5.91 Å². The molecule has 28 heavy (non-hydrogen) atoms. The second kappa shape index (κ2) is 8.52. The normalized spacial score (nSPS) is 28.3. The van der Waals surface area contributed by atoms with Crippen molar-refractivity contribution < 1.29 is 9.90 Å². The van der Waals surface area contributed by atoms with Gasteiger partial charge < -0.3 is 14.9 Å². The Hall–Kier alpha value is -1.43. The van der Waals surface area contributed by atoms with Gasteiger partial charge in [0.05, 0.1) is 5.41 Å². The largest absolute Gasteiger partial charge is 0.396 e. The van der Waals surface area contributed by atoms with E-state index in [0.717, 1.165) is 71.4 Å². The Morgan fingerprint density at radius 1 is 1.11 bits per heavy atom. The highest BCUT2D eigenvalue weighted by molar-refractivity contribution is 5.91. The zero-order valence-electron chi connectivity index (χ0n) is 17.2. The summed E-state index contributed by atoms with van der Waals surface area (Å²) >= 11 is 0. The van der Waals surface area contributed by atoms with E-state index >= 15 is 0 Å². The SMILES string of the molecule is CN1CCN([C@H]2CCN(C(=O)C3(c4ccccc4)CC3)C[C@H]2CCCO)CC1. The second-order valence-corrected chi connectivity index (χ2v) is 9.02. The molecule has 3 aliphatic rings. The van der Waals surface area contributed by atoms with Crippen molar-refractivity contribution in [2.45, 2.75) is 43.6 Å². The number of aliphatic hydroxyl groups excluding tert-OH is 1. The Bertz CT molecular complexity index is 653. The minimum Gasteiger partial charge on any atom is -0.396 e. The van der Waals surface area contributed by atoms with Gasteiger partial charge in [-0.15, -0.1) is 0 Å². The highest BCUT2D eigenvalue weighted by atomic mass is 16.3. The molecule has 0 bridgehead atoms. The number of amides is 1. The summed E-state index contributed by atoms with van der Waals surface area (Å²) < 4.78 is 0. The molecule has 1 aromatic rings. The number of likely N-dealkylation sites (tertiary alicyclic amines) is 1. The number of aliphatic hydroxyl groups is 1. The molecule has 0 unspecified atom stereocenters. The quantitative estimate of drug-likeness (QED) is 0.813. The van der Waals surface area contributed by atoms with E-state index in [-0.39, 0.29) is 12.0 Å². The summed E-state index contributed by atoms with van der Waals surface area (Å²) in [5.41, 5.74) is 0.928. The van der Waals surface area contributed by atoms with Crippen molar-refractivity contribution in [2.24, 2.45) is 5.92 Å². The first-order valence-electron chi connectivity index (χ1n) is 11.0. The first-order valence-corrected chi connectivity index (χ1v) is 11.0. The van der Waals surface area contributed by atoms with Gasteiger partial charge in [-0.25, -0.2) is 0 Å². The molecule has 1 saturated carbocycles. The van der Waals surface area contributed by atoms with Gasteiger partial charge in [-0.05, 0) is 50.6 Å². The molecule has 2 saturated heterocycles. The maximum Gasteiger partial charge on any atom is 0.233 e. The molecule has 2 heterocycles. The molecule has 154 valence electrons. The fourth-order valence-electron chi connectivity index (χ4n) is 5.29. The van der Waals surface area contributed by atoms with Crippen LogP contribution < -0.4 is 0 Å². The van der Waals surface area contributed by atoms with Crippen LogP contribution in [-0.4, -0.2) is 84.7 Å². The number of piperazine rings is 1. The minimum absolute atomic E-state index is 0.244. The van der Waals surface area contributed by atoms with Gasteiger partial charge in [0, 0.05) is 51.9 Å². The Kier molecular flexibility index (Phi) is 6.04. The molecule has 1 aliphatic carbocycles. The Morgan fingerprint density at radius 3 is 2.46 bits per heavy atom. The van der Waals surface area contributed by atoms with Gasteiger partial charge in [0.1, 0.15) is 0 Å². The lowest BCUT2D eigenvalue weighted by atomic mass is 9.85. The fraction of sp³-hybridized carbons (Fsp3) is 0.696. The first kappa shape index (κ1) is 19.9. The first-order chi connectivity index (χ1) is 13.6. The number of hydrogen-bond acceptors (Lipinski definition) is 4. The summed E-state index contributed by atoms with van der Waals surface area (Å²) in [5.74, 6) is 0.810. The number of likely N-dealkylation sites (N-methyl/N-ethyl adjacent to an activating group) is 1. The van der Waals surface area contributed by atoms with Crippen LogP contribution in [-0.2, 0) is 10.2 Å². The van der Waals surface area contributed by atoms with Crippen molar-refractivity contribution in [3.8, 4) is 0 Å². The van der Waals surface area contributed by atoms with E-state index in [1.165, 1.54) is 5.56 Å². The van der Waals surface area contributed by atoms with Crippen molar-refractivity contribution in [3.63, 3.8) is 0 Å². The van der Waals surface area contributed by atoms with E-state index in [4.69, 9.17) is 0 Å². The average molecular weight is 386 g/mol. The van der Waals surface area contributed by atoms with Crippen LogP contribution in [0.5, 0.6) is 0 Å². The lowest BCUT2D eigenvalue weighted by molar-refractivity contribution is -0.137. The molecule has 3 fully saturated rings. The molecule has 4 rings (SSSR count). The van der Waals surface area contributed by atoms with Crippen molar-refractivity contribution in [2.75, 3.05) is 52.9 Å². The van der Waals surface area contributed by atoms with Crippen molar-refractivity contribution in [1.82, 2.24) is 14.7 Å². The fourth-order valence-corrected chi connectivity index (χ4v) is 5.29. The van der Waals surface area contributed by atoms with Crippen LogP contribution in [0.3, 0.4) is 0 Å². The van der Waals surface area contributed by atoms with E-state index in [9.17, 15) is 9.90 Å². The topological polar surface area (TPSA) is 47.0 Å². The number of nitrogens with zero attached hydrogens (tertiary/aromatic N) is 3. The molecule has 2 atom stereocenters. The monoisotopic (exact) mass is 385 g/mol. The van der Waals surface area contributed by atoms with Crippen molar-refractivity contribution in [1.29, 1.82) is 0 Å². The van der Waals surface area contributed by atoms with E-state index in [2.05, 4.69) is 33.9 Å². The molecular formula is C23H35N3O2. The van der Waals surface area contributed by atoms with Crippen LogP contribution in [0.25, 0.3) is 0 Å². The molecule has 5 nitrogen and oxygen atoms in total. The molecule has 0 aromatic heterocycles. The third-order valence-electron chi connectivity index (χ3n) is 7.21. The summed E-state index contributed by atoms with van der Waals surface area (Å²) in [6, 6.07) is 10.9. The third kappa shape index (κ3) is 3.98. The molecule has 0 radical (unpaired) electrons. The number of piperidine rings is 1. The predicted molar refractivity (Wildman–Crippen MR) is 111 cm³/mol. The average Bonchev–Trinajstić information content (AvgIpc) is 3.55. The number of rotatable bonds is 6. The summed E-state index contributed by atoms with van der Waals surface area (Å²) in [7, 11) is 2.19. The third-order valence-corrected chi connectivity index (χ3v) is 7.21. The smallest absolute Gasteiger partial charge is 0.233 e. The van der Waals surface area contributed by atoms with E-state index in [0.29, 0.717) is 17.9 Å². The summed E-state index contributed by atoms with van der Waals surface area (Å²) in [5, 5.41) is 9.39. The number of benzene rings is 1. The Morgan fingerprint density at radius 2 is 1.82 bits per heavy atom. The molecule has 1 amide bonds. The maximum atomic E-state index is 13.5. The minimum atomic E-state index is -0.260. The highest BCUT2D eigenvalue weighted by Gasteiger charge is 2.53. The van der Waals surface area contributed by atoms with E-state index in [1.807, 2.05) is 18.2 Å². The summed E-state index contributed by atoms with van der Waals surface area (Å²) in [6.45, 7) is 6.47. The second-order valence-electron chi connectivity index (χ2n) is 9.02. The van der Waals surface area contributed by atoms with E-state index < -0.39 is 0 Å². The highest BCUT2D eigenvalue weighted by Crippen LogP contribution is 2.50. The lowest BCUT2D eigenvalue weighted by Crippen LogP contribution is -2.57. The van der Waals surface area contributed by atoms with Gasteiger partial charge in [-0.3, -0.25) is 9.69 Å². The molecule has 2 aliphatic heterocycles. The van der Waals surface area contributed by atoms with Crippen LogP contribution in [0.15, 0.2) is 30.3 Å². The van der Waals surface area contributed by atoms with E-state index in [1.54, 1.807) is 0 Å². The van der Waals surface area contributed by atoms with Crippen LogP contribution in [0, 0.1) is 5.92 Å². The predicted octanol–water partition coefficient (Wildman–Crippen LogP) is 1.96. The van der Waals surface area contributed by atoms with Crippen molar-refractivity contribution in [3.05, 3.63) is 35.9 Å². The van der Waals surface area contributed by atoms with Crippen LogP contribution in [0.1, 0.15) is 37.7 Å². The van der Waals surface area contributed by atoms with Crippen LogP contribution in [0.2, 0.25) is 0 Å². The number of hydrogen-bond donors (Lipinski definition) is 1. The molecular weight excluding hydrogens is 350 g/mol. The molecule has 5 heteroatoms. The Balaban J connectivity index is 1.45. The number of carbonyl (C=O) groups excluding carboxylic acids is 1. The maximum absolute atomic E-state index is 13.5. The van der Waals surface area contributed by atoms with Gasteiger partial charge >= 0.3 is 0 Å². The molecule has 1 N–H and O–H groups in total.